The number of carbonyl (C=O) groups is 1. The molecule has 1 heterocycles. The number of halogens is 1. The van der Waals surface area contributed by atoms with Crippen LogP contribution < -0.4 is 9.64 Å². The molecule has 5 heteroatoms. The van der Waals surface area contributed by atoms with Gasteiger partial charge in [0.15, 0.2) is 0 Å². The Morgan fingerprint density at radius 2 is 1.47 bits per heavy atom. The van der Waals surface area contributed by atoms with E-state index in [1.54, 1.807) is 4.90 Å². The quantitative estimate of drug-likeness (QED) is 0.229. The summed E-state index contributed by atoms with van der Waals surface area (Å²) in [4.78, 5) is 19.8. The predicted octanol–water partition coefficient (Wildman–Crippen LogP) is 7.24. The summed E-state index contributed by atoms with van der Waals surface area (Å²) in [6, 6.07) is 37.1. The number of aromatic nitrogens is 1. The van der Waals surface area contributed by atoms with Gasteiger partial charge in [-0.3, -0.25) is 4.79 Å². The van der Waals surface area contributed by atoms with Crippen LogP contribution in [0.5, 0.6) is 5.75 Å². The Bertz CT molecular complexity index is 1450. The summed E-state index contributed by atoms with van der Waals surface area (Å²) >= 11 is 6.01. The van der Waals surface area contributed by atoms with Crippen molar-refractivity contribution in [1.29, 1.82) is 0 Å². The number of pyridine rings is 1. The third-order valence-electron chi connectivity index (χ3n) is 5.94. The molecule has 0 spiro atoms. The molecule has 0 unspecified atom stereocenters. The lowest BCUT2D eigenvalue weighted by Crippen LogP contribution is -2.31. The maximum absolute atomic E-state index is 13.4. The van der Waals surface area contributed by atoms with Crippen LogP contribution >= 0.6 is 11.6 Å². The summed E-state index contributed by atoms with van der Waals surface area (Å²) in [6.45, 7) is 0.849. The molecule has 5 rings (SSSR count). The zero-order valence-electron chi connectivity index (χ0n) is 19.7. The van der Waals surface area contributed by atoms with Crippen molar-refractivity contribution in [3.63, 3.8) is 0 Å². The maximum atomic E-state index is 13.4. The van der Waals surface area contributed by atoms with E-state index in [2.05, 4.69) is 11.1 Å². The van der Waals surface area contributed by atoms with Gasteiger partial charge in [0.2, 0.25) is 5.91 Å². The highest BCUT2D eigenvalue weighted by Crippen LogP contribution is 2.24. The summed E-state index contributed by atoms with van der Waals surface area (Å²) in [6.07, 6.45) is 0.288. The normalized spacial score (nSPS) is 10.8. The zero-order chi connectivity index (χ0) is 24.7. The number of para-hydroxylation sites is 1. The van der Waals surface area contributed by atoms with Crippen LogP contribution in [0.25, 0.3) is 10.9 Å². The van der Waals surface area contributed by atoms with Gasteiger partial charge in [-0.2, -0.15) is 0 Å². The van der Waals surface area contributed by atoms with Crippen LogP contribution in [0.2, 0.25) is 5.02 Å². The van der Waals surface area contributed by atoms with Gasteiger partial charge in [0, 0.05) is 16.1 Å². The van der Waals surface area contributed by atoms with E-state index in [0.29, 0.717) is 18.2 Å². The van der Waals surface area contributed by atoms with Crippen molar-refractivity contribution in [2.45, 2.75) is 19.6 Å². The highest BCUT2D eigenvalue weighted by Gasteiger charge is 2.17. The molecule has 0 fully saturated rings. The van der Waals surface area contributed by atoms with Gasteiger partial charge in [-0.25, -0.2) is 4.98 Å². The van der Waals surface area contributed by atoms with Crippen LogP contribution in [0.15, 0.2) is 115 Å². The molecule has 0 bridgehead atoms. The van der Waals surface area contributed by atoms with Gasteiger partial charge in [0.05, 0.1) is 24.2 Å². The molecule has 0 aliphatic heterocycles. The minimum Gasteiger partial charge on any atom is -0.487 e. The van der Waals surface area contributed by atoms with E-state index in [4.69, 9.17) is 16.3 Å². The van der Waals surface area contributed by atoms with Crippen molar-refractivity contribution < 1.29 is 9.53 Å². The lowest BCUT2D eigenvalue weighted by atomic mass is 10.1. The monoisotopic (exact) mass is 492 g/mol. The third-order valence-corrected chi connectivity index (χ3v) is 6.20. The lowest BCUT2D eigenvalue weighted by molar-refractivity contribution is -0.118. The Hall–Kier alpha value is -4.15. The van der Waals surface area contributed by atoms with E-state index in [-0.39, 0.29) is 12.3 Å². The molecule has 0 atom stereocenters. The molecular formula is C31H25ClN2O2. The van der Waals surface area contributed by atoms with Gasteiger partial charge in [-0.1, -0.05) is 78.3 Å². The largest absolute Gasteiger partial charge is 0.487 e. The average molecular weight is 493 g/mol. The average Bonchev–Trinajstić information content (AvgIpc) is 2.92. The van der Waals surface area contributed by atoms with Crippen LogP contribution in [0.3, 0.4) is 0 Å². The molecule has 4 aromatic carbocycles. The predicted molar refractivity (Wildman–Crippen MR) is 145 cm³/mol. The number of carbonyl (C=O) groups excluding carboxylic acids is 1. The molecule has 178 valence electrons. The first-order chi connectivity index (χ1) is 17.6. The fourth-order valence-electron chi connectivity index (χ4n) is 4.03. The number of anilines is 1. The van der Waals surface area contributed by atoms with Gasteiger partial charge >= 0.3 is 0 Å². The van der Waals surface area contributed by atoms with Crippen LogP contribution in [0, 0.1) is 0 Å². The molecule has 36 heavy (non-hydrogen) atoms. The topological polar surface area (TPSA) is 42.4 Å². The van der Waals surface area contributed by atoms with Crippen molar-refractivity contribution in [1.82, 2.24) is 4.98 Å². The SMILES string of the molecule is O=C(Cc1ccc(Cl)cc1)N(Cc1ccccc1)c1ccc(OCc2ccc3ccccc3n2)cc1. The summed E-state index contributed by atoms with van der Waals surface area (Å²) in [7, 11) is 0. The molecule has 4 nitrogen and oxygen atoms in total. The first kappa shape index (κ1) is 23.6. The second kappa shape index (κ2) is 11.1. The first-order valence-corrected chi connectivity index (χ1v) is 12.2. The molecule has 0 saturated heterocycles. The van der Waals surface area contributed by atoms with Gasteiger partial charge < -0.3 is 9.64 Å². The van der Waals surface area contributed by atoms with Gasteiger partial charge in [0.1, 0.15) is 12.4 Å². The van der Waals surface area contributed by atoms with Crippen LogP contribution in [0.1, 0.15) is 16.8 Å². The highest BCUT2D eigenvalue weighted by atomic mass is 35.5. The zero-order valence-corrected chi connectivity index (χ0v) is 20.4. The van der Waals surface area contributed by atoms with E-state index in [1.165, 1.54) is 0 Å². The number of ether oxygens (including phenoxy) is 1. The minimum atomic E-state index is 0.00945. The van der Waals surface area contributed by atoms with Crippen LogP contribution in [0.4, 0.5) is 5.69 Å². The fourth-order valence-corrected chi connectivity index (χ4v) is 4.16. The van der Waals surface area contributed by atoms with Crippen molar-refractivity contribution in [2.24, 2.45) is 0 Å². The minimum absolute atomic E-state index is 0.00945. The Morgan fingerprint density at radius 1 is 0.750 bits per heavy atom. The van der Waals surface area contributed by atoms with Crippen molar-refractivity contribution in [3.8, 4) is 5.75 Å². The van der Waals surface area contributed by atoms with Gasteiger partial charge in [-0.05, 0) is 59.7 Å². The summed E-state index contributed by atoms with van der Waals surface area (Å²) in [5, 5.41) is 1.76. The fraction of sp³-hybridized carbons (Fsp3) is 0.0968. The third kappa shape index (κ3) is 5.91. The van der Waals surface area contributed by atoms with E-state index >= 15 is 0 Å². The molecule has 0 radical (unpaired) electrons. The second-order valence-corrected chi connectivity index (χ2v) is 8.98. The lowest BCUT2D eigenvalue weighted by Gasteiger charge is -2.23. The molecule has 0 aliphatic carbocycles. The van der Waals surface area contributed by atoms with Crippen LogP contribution in [-0.4, -0.2) is 10.9 Å². The molecule has 5 aromatic rings. The Morgan fingerprint density at radius 3 is 2.25 bits per heavy atom. The number of benzene rings is 4. The van der Waals surface area contributed by atoms with Gasteiger partial charge in [-0.15, -0.1) is 0 Å². The van der Waals surface area contributed by atoms with Gasteiger partial charge in [0.25, 0.3) is 0 Å². The summed E-state index contributed by atoms with van der Waals surface area (Å²) in [5.41, 5.74) is 4.61. The molecule has 0 N–H and O–H groups in total. The summed E-state index contributed by atoms with van der Waals surface area (Å²) in [5.74, 6) is 0.730. The molecule has 0 aliphatic rings. The Kier molecular flexibility index (Phi) is 7.25. The summed E-state index contributed by atoms with van der Waals surface area (Å²) < 4.78 is 5.98. The van der Waals surface area contributed by atoms with Crippen molar-refractivity contribution in [3.05, 3.63) is 137 Å². The molecule has 1 amide bonds. The standard InChI is InChI=1S/C31H25ClN2O2/c32-26-13-10-23(11-14-26)20-31(35)34(21-24-6-2-1-3-7-24)28-16-18-29(19-17-28)36-22-27-15-12-25-8-4-5-9-30(25)33-27/h1-19H,20-22H2. The maximum Gasteiger partial charge on any atom is 0.231 e. The highest BCUT2D eigenvalue weighted by molar-refractivity contribution is 6.30. The second-order valence-electron chi connectivity index (χ2n) is 8.55. The smallest absolute Gasteiger partial charge is 0.231 e. The molecule has 1 aromatic heterocycles. The number of rotatable bonds is 8. The Balaban J connectivity index is 1.31. The molecular weight excluding hydrogens is 468 g/mol. The molecule has 0 saturated carbocycles. The Labute approximate surface area is 215 Å². The van der Waals surface area contributed by atoms with E-state index in [1.807, 2.05) is 109 Å². The van der Waals surface area contributed by atoms with Crippen LogP contribution in [-0.2, 0) is 24.4 Å². The number of amides is 1. The van der Waals surface area contributed by atoms with E-state index in [9.17, 15) is 4.79 Å². The first-order valence-electron chi connectivity index (χ1n) is 11.8. The number of fused-ring (bicyclic) bond motifs is 1. The van der Waals surface area contributed by atoms with Crippen molar-refractivity contribution >= 4 is 34.1 Å². The van der Waals surface area contributed by atoms with E-state index < -0.39 is 0 Å². The number of nitrogens with zero attached hydrogens (tertiary/aromatic N) is 2. The number of hydrogen-bond donors (Lipinski definition) is 0. The number of hydrogen-bond acceptors (Lipinski definition) is 3. The van der Waals surface area contributed by atoms with E-state index in [0.717, 1.165) is 39.2 Å². The van der Waals surface area contributed by atoms with Crippen molar-refractivity contribution in [2.75, 3.05) is 4.90 Å².